The van der Waals surface area contributed by atoms with E-state index >= 15 is 0 Å². The first kappa shape index (κ1) is 17.7. The molecule has 1 amide bonds. The molecule has 2 fully saturated rings. The van der Waals surface area contributed by atoms with Crippen molar-refractivity contribution in [1.29, 1.82) is 0 Å². The van der Waals surface area contributed by atoms with Crippen molar-refractivity contribution in [3.8, 4) is 0 Å². The molecule has 0 aromatic heterocycles. The normalized spacial score (nSPS) is 24.0. The smallest absolute Gasteiger partial charge is 0.223 e. The minimum absolute atomic E-state index is 0.00463. The van der Waals surface area contributed by atoms with Crippen LogP contribution in [-0.4, -0.2) is 25.7 Å². The predicted molar refractivity (Wildman–Crippen MR) is 106 cm³/mol. The van der Waals surface area contributed by atoms with Crippen LogP contribution < -0.4 is 5.32 Å². The van der Waals surface area contributed by atoms with E-state index in [1.54, 1.807) is 0 Å². The van der Waals surface area contributed by atoms with Crippen LogP contribution in [0.15, 0.2) is 59.1 Å². The Hall–Kier alpha value is -1.65. The first-order valence-electron chi connectivity index (χ1n) is 9.34. The molecule has 0 bridgehead atoms. The summed E-state index contributed by atoms with van der Waals surface area (Å²) >= 11 is 3.52. The summed E-state index contributed by atoms with van der Waals surface area (Å²) in [5, 5.41) is 3.26. The third-order valence-corrected chi connectivity index (χ3v) is 6.33. The van der Waals surface area contributed by atoms with Crippen molar-refractivity contribution >= 4 is 21.8 Å². The molecule has 1 heterocycles. The van der Waals surface area contributed by atoms with Gasteiger partial charge in [0.05, 0.1) is 0 Å². The lowest BCUT2D eigenvalue weighted by atomic mass is 9.74. The van der Waals surface area contributed by atoms with Crippen molar-refractivity contribution in [3.05, 3.63) is 70.2 Å². The fraction of sp³-hybridized carbons (Fsp3) is 0.409. The molecule has 3 nitrogen and oxygen atoms in total. The minimum atomic E-state index is -0.00463. The van der Waals surface area contributed by atoms with Gasteiger partial charge in [0.15, 0.2) is 0 Å². The maximum atomic E-state index is 12.7. The Morgan fingerprint density at radius 3 is 2.62 bits per heavy atom. The summed E-state index contributed by atoms with van der Waals surface area (Å²) < 4.78 is 6.66. The largest absolute Gasteiger partial charge is 0.381 e. The van der Waals surface area contributed by atoms with Gasteiger partial charge in [0, 0.05) is 35.6 Å². The Balaban J connectivity index is 1.41. The Labute approximate surface area is 163 Å². The second-order valence-electron chi connectivity index (χ2n) is 7.48. The number of hydrogen-bond donors (Lipinski definition) is 1. The van der Waals surface area contributed by atoms with Crippen LogP contribution >= 0.6 is 15.9 Å². The second kappa shape index (κ2) is 7.53. The molecule has 2 aromatic rings. The fourth-order valence-electron chi connectivity index (χ4n) is 4.10. The SMILES string of the molecule is O=C(NCC1(c2ccccc2)CCOCC1)C1CC1c1cccc(Br)c1. The highest BCUT2D eigenvalue weighted by Gasteiger charge is 2.45. The van der Waals surface area contributed by atoms with Crippen molar-refractivity contribution in [1.82, 2.24) is 5.32 Å². The van der Waals surface area contributed by atoms with Gasteiger partial charge in [-0.15, -0.1) is 0 Å². The average Bonchev–Trinajstić information content (AvgIpc) is 3.49. The molecule has 1 aliphatic carbocycles. The van der Waals surface area contributed by atoms with Gasteiger partial charge in [0.1, 0.15) is 0 Å². The molecule has 2 unspecified atom stereocenters. The summed E-state index contributed by atoms with van der Waals surface area (Å²) in [5.74, 6) is 0.656. The molecular formula is C22H24BrNO2. The summed E-state index contributed by atoms with van der Waals surface area (Å²) in [7, 11) is 0. The van der Waals surface area contributed by atoms with Crippen molar-refractivity contribution in [3.63, 3.8) is 0 Å². The minimum Gasteiger partial charge on any atom is -0.381 e. The van der Waals surface area contributed by atoms with Crippen LogP contribution in [0.3, 0.4) is 0 Å². The molecule has 2 aliphatic rings. The molecule has 1 aliphatic heterocycles. The van der Waals surface area contributed by atoms with Gasteiger partial charge in [-0.2, -0.15) is 0 Å². The third-order valence-electron chi connectivity index (χ3n) is 5.84. The summed E-state index contributed by atoms with van der Waals surface area (Å²) in [6.45, 7) is 2.21. The van der Waals surface area contributed by atoms with Crippen LogP contribution in [0.2, 0.25) is 0 Å². The Bertz CT molecular complexity index is 771. The van der Waals surface area contributed by atoms with Crippen molar-refractivity contribution in [2.45, 2.75) is 30.6 Å². The molecule has 2 aromatic carbocycles. The van der Waals surface area contributed by atoms with Gasteiger partial charge < -0.3 is 10.1 Å². The Morgan fingerprint density at radius 2 is 1.88 bits per heavy atom. The number of nitrogens with one attached hydrogen (secondary N) is 1. The van der Waals surface area contributed by atoms with E-state index in [4.69, 9.17) is 4.74 Å². The first-order chi connectivity index (χ1) is 12.7. The van der Waals surface area contributed by atoms with Crippen LogP contribution in [-0.2, 0) is 14.9 Å². The van der Waals surface area contributed by atoms with Gasteiger partial charge in [-0.05, 0) is 48.4 Å². The molecule has 26 heavy (non-hydrogen) atoms. The topological polar surface area (TPSA) is 38.3 Å². The highest BCUT2D eigenvalue weighted by atomic mass is 79.9. The molecule has 0 radical (unpaired) electrons. The lowest BCUT2D eigenvalue weighted by Gasteiger charge is -2.38. The predicted octanol–water partition coefficient (Wildman–Crippen LogP) is 4.42. The van der Waals surface area contributed by atoms with E-state index < -0.39 is 0 Å². The maximum Gasteiger partial charge on any atom is 0.223 e. The van der Waals surface area contributed by atoms with Gasteiger partial charge in [-0.3, -0.25) is 4.79 Å². The highest BCUT2D eigenvalue weighted by Crippen LogP contribution is 2.48. The number of rotatable bonds is 5. The maximum absolute atomic E-state index is 12.7. The van der Waals surface area contributed by atoms with Gasteiger partial charge >= 0.3 is 0 Å². The quantitative estimate of drug-likeness (QED) is 0.787. The lowest BCUT2D eigenvalue weighted by Crippen LogP contribution is -2.45. The summed E-state index contributed by atoms with van der Waals surface area (Å²) in [6.07, 6.45) is 2.86. The van der Waals surface area contributed by atoms with Gasteiger partial charge in [0.2, 0.25) is 5.91 Å². The molecule has 4 heteroatoms. The summed E-state index contributed by atoms with van der Waals surface area (Å²) in [5.41, 5.74) is 2.56. The zero-order valence-corrected chi connectivity index (χ0v) is 16.4. The molecular weight excluding hydrogens is 390 g/mol. The molecule has 1 saturated carbocycles. The van der Waals surface area contributed by atoms with Gasteiger partial charge in [0.25, 0.3) is 0 Å². The molecule has 1 N–H and O–H groups in total. The van der Waals surface area contributed by atoms with E-state index in [1.165, 1.54) is 11.1 Å². The number of carbonyl (C=O) groups is 1. The molecule has 136 valence electrons. The third kappa shape index (κ3) is 3.72. The van der Waals surface area contributed by atoms with E-state index in [9.17, 15) is 4.79 Å². The molecule has 2 atom stereocenters. The summed E-state index contributed by atoms with van der Waals surface area (Å²) in [4.78, 5) is 12.7. The second-order valence-corrected chi connectivity index (χ2v) is 8.40. The van der Waals surface area contributed by atoms with E-state index in [1.807, 2.05) is 18.2 Å². The van der Waals surface area contributed by atoms with Crippen LogP contribution in [0.4, 0.5) is 0 Å². The van der Waals surface area contributed by atoms with E-state index in [2.05, 4.69) is 57.6 Å². The average molecular weight is 414 g/mol. The standard InChI is InChI=1S/C22H24BrNO2/c23-18-8-4-5-16(13-18)19-14-20(19)21(25)24-15-22(9-11-26-12-10-22)17-6-2-1-3-7-17/h1-8,13,19-20H,9-12,14-15H2,(H,24,25). The molecule has 1 saturated heterocycles. The van der Waals surface area contributed by atoms with Gasteiger partial charge in [-0.25, -0.2) is 0 Å². The van der Waals surface area contributed by atoms with Crippen LogP contribution in [0.25, 0.3) is 0 Å². The van der Waals surface area contributed by atoms with E-state index in [-0.39, 0.29) is 17.2 Å². The fourth-order valence-corrected chi connectivity index (χ4v) is 4.52. The Kier molecular flexibility index (Phi) is 5.14. The van der Waals surface area contributed by atoms with E-state index in [0.29, 0.717) is 12.5 Å². The first-order valence-corrected chi connectivity index (χ1v) is 10.1. The van der Waals surface area contributed by atoms with Crippen LogP contribution in [0, 0.1) is 5.92 Å². The number of hydrogen-bond acceptors (Lipinski definition) is 2. The summed E-state index contributed by atoms with van der Waals surface area (Å²) in [6, 6.07) is 18.9. The number of halogens is 1. The number of carbonyl (C=O) groups excluding carboxylic acids is 1. The monoisotopic (exact) mass is 413 g/mol. The molecule has 4 rings (SSSR count). The highest BCUT2D eigenvalue weighted by molar-refractivity contribution is 9.10. The number of amides is 1. The number of ether oxygens (including phenoxy) is 1. The lowest BCUT2D eigenvalue weighted by molar-refractivity contribution is -0.122. The van der Waals surface area contributed by atoms with Crippen LogP contribution in [0.5, 0.6) is 0 Å². The zero-order valence-electron chi connectivity index (χ0n) is 14.8. The van der Waals surface area contributed by atoms with Crippen molar-refractivity contribution in [2.24, 2.45) is 5.92 Å². The molecule has 0 spiro atoms. The van der Waals surface area contributed by atoms with Crippen LogP contribution in [0.1, 0.15) is 36.3 Å². The van der Waals surface area contributed by atoms with Gasteiger partial charge in [-0.1, -0.05) is 58.4 Å². The van der Waals surface area contributed by atoms with E-state index in [0.717, 1.165) is 36.9 Å². The Morgan fingerprint density at radius 1 is 1.12 bits per heavy atom. The van der Waals surface area contributed by atoms with Crippen molar-refractivity contribution in [2.75, 3.05) is 19.8 Å². The van der Waals surface area contributed by atoms with Crippen molar-refractivity contribution < 1.29 is 9.53 Å². The zero-order chi connectivity index (χ0) is 18.0. The number of benzene rings is 2.